The van der Waals surface area contributed by atoms with E-state index >= 15 is 0 Å². The number of benzene rings is 3. The number of hydrazone groups is 1. The van der Waals surface area contributed by atoms with Crippen LogP contribution in [0.2, 0.25) is 0 Å². The lowest BCUT2D eigenvalue weighted by Crippen LogP contribution is -2.24. The maximum absolute atomic E-state index is 12.0. The first kappa shape index (κ1) is 23.1. The summed E-state index contributed by atoms with van der Waals surface area (Å²) in [5.74, 6) is 2.19. The van der Waals surface area contributed by atoms with Crippen LogP contribution in [0.3, 0.4) is 0 Å². The Labute approximate surface area is 195 Å². The van der Waals surface area contributed by atoms with Gasteiger partial charge in [-0.1, -0.05) is 34.1 Å². The predicted octanol–water partition coefficient (Wildman–Crippen LogP) is 4.57. The molecule has 8 heteroatoms. The quantitative estimate of drug-likeness (QED) is 0.327. The van der Waals surface area contributed by atoms with Gasteiger partial charge in [0.15, 0.2) is 6.61 Å². The molecule has 0 bridgehead atoms. The topological polar surface area (TPSA) is 78.4 Å². The molecule has 0 aliphatic rings. The number of halogens is 1. The lowest BCUT2D eigenvalue weighted by molar-refractivity contribution is -0.123. The van der Waals surface area contributed by atoms with Crippen molar-refractivity contribution in [3.05, 3.63) is 82.3 Å². The van der Waals surface area contributed by atoms with E-state index in [1.54, 1.807) is 44.6 Å². The van der Waals surface area contributed by atoms with Crippen molar-refractivity contribution in [3.8, 4) is 23.0 Å². The average Bonchev–Trinajstić information content (AvgIpc) is 2.82. The van der Waals surface area contributed by atoms with Gasteiger partial charge in [-0.3, -0.25) is 4.79 Å². The highest BCUT2D eigenvalue weighted by Gasteiger charge is 2.07. The minimum atomic E-state index is -0.386. The first-order chi connectivity index (χ1) is 15.6. The van der Waals surface area contributed by atoms with Gasteiger partial charge in [-0.15, -0.1) is 0 Å². The molecular formula is C24H23BrN2O5. The molecule has 32 heavy (non-hydrogen) atoms. The number of nitrogens with zero attached hydrogens (tertiary/aromatic N) is 1. The monoisotopic (exact) mass is 498 g/mol. The Morgan fingerprint density at radius 2 is 1.69 bits per heavy atom. The van der Waals surface area contributed by atoms with Gasteiger partial charge in [0, 0.05) is 10.0 Å². The van der Waals surface area contributed by atoms with Gasteiger partial charge in [0.05, 0.1) is 20.4 Å². The van der Waals surface area contributed by atoms with Crippen molar-refractivity contribution in [2.75, 3.05) is 20.8 Å². The van der Waals surface area contributed by atoms with Crippen LogP contribution in [0.5, 0.6) is 23.0 Å². The molecule has 7 nitrogen and oxygen atoms in total. The average molecular weight is 499 g/mol. The first-order valence-corrected chi connectivity index (χ1v) is 10.5. The van der Waals surface area contributed by atoms with Gasteiger partial charge >= 0.3 is 0 Å². The van der Waals surface area contributed by atoms with Crippen LogP contribution in [-0.2, 0) is 11.4 Å². The second kappa shape index (κ2) is 11.8. The van der Waals surface area contributed by atoms with E-state index in [4.69, 9.17) is 18.9 Å². The Kier molecular flexibility index (Phi) is 8.51. The smallest absolute Gasteiger partial charge is 0.277 e. The summed E-state index contributed by atoms with van der Waals surface area (Å²) in [6, 6.07) is 20.2. The molecule has 1 N–H and O–H groups in total. The van der Waals surface area contributed by atoms with E-state index in [1.807, 2.05) is 36.4 Å². The van der Waals surface area contributed by atoms with E-state index in [9.17, 15) is 4.79 Å². The third-order valence-corrected chi connectivity index (χ3v) is 4.80. The summed E-state index contributed by atoms with van der Waals surface area (Å²) in [5, 5.41) is 4.02. The normalized spacial score (nSPS) is 10.6. The molecule has 0 heterocycles. The number of nitrogens with one attached hydrogen (secondary N) is 1. The number of amides is 1. The Morgan fingerprint density at radius 1 is 0.938 bits per heavy atom. The molecule has 0 aliphatic heterocycles. The van der Waals surface area contributed by atoms with Crippen LogP contribution in [0, 0.1) is 0 Å². The fraction of sp³-hybridized carbons (Fsp3) is 0.167. The zero-order valence-corrected chi connectivity index (χ0v) is 19.3. The van der Waals surface area contributed by atoms with Crippen LogP contribution < -0.4 is 24.4 Å². The maximum atomic E-state index is 12.0. The summed E-state index contributed by atoms with van der Waals surface area (Å²) in [5.41, 5.74) is 4.06. The van der Waals surface area contributed by atoms with E-state index in [1.165, 1.54) is 6.21 Å². The molecule has 0 atom stereocenters. The highest BCUT2D eigenvalue weighted by molar-refractivity contribution is 9.10. The highest BCUT2D eigenvalue weighted by Crippen LogP contribution is 2.24. The number of ether oxygens (including phenoxy) is 4. The fourth-order valence-electron chi connectivity index (χ4n) is 2.72. The number of carbonyl (C=O) groups is 1. The molecule has 0 spiro atoms. The summed E-state index contributed by atoms with van der Waals surface area (Å²) in [4.78, 5) is 12.0. The number of hydrogen-bond donors (Lipinski definition) is 1. The third kappa shape index (κ3) is 7.02. The van der Waals surface area contributed by atoms with E-state index in [0.29, 0.717) is 29.4 Å². The van der Waals surface area contributed by atoms with Gasteiger partial charge in [-0.25, -0.2) is 5.43 Å². The van der Waals surface area contributed by atoms with E-state index < -0.39 is 0 Å². The standard InChI is InChI=1S/C24H23BrN2O5/c1-29-20-7-3-5-17(11-20)15-32-23-10-9-21(30-2)12-18(23)14-26-27-24(28)16-31-22-8-4-6-19(25)13-22/h3-14H,15-16H2,1-2H3,(H,27,28)/b26-14+. The van der Waals surface area contributed by atoms with Crippen molar-refractivity contribution in [3.63, 3.8) is 0 Å². The summed E-state index contributed by atoms with van der Waals surface area (Å²) in [7, 11) is 3.20. The molecule has 3 aromatic carbocycles. The molecule has 1 amide bonds. The molecule has 0 aliphatic carbocycles. The minimum absolute atomic E-state index is 0.162. The third-order valence-electron chi connectivity index (χ3n) is 4.30. The first-order valence-electron chi connectivity index (χ1n) is 9.71. The Balaban J connectivity index is 1.61. The molecule has 0 saturated carbocycles. The summed E-state index contributed by atoms with van der Waals surface area (Å²) >= 11 is 3.36. The Hall–Kier alpha value is -3.52. The maximum Gasteiger partial charge on any atom is 0.277 e. The molecule has 166 valence electrons. The van der Waals surface area contributed by atoms with Crippen LogP contribution >= 0.6 is 15.9 Å². The van der Waals surface area contributed by atoms with Gasteiger partial charge in [-0.2, -0.15) is 5.10 Å². The Bertz CT molecular complexity index is 1090. The lowest BCUT2D eigenvalue weighted by atomic mass is 10.2. The van der Waals surface area contributed by atoms with Gasteiger partial charge in [0.25, 0.3) is 5.91 Å². The predicted molar refractivity (Wildman–Crippen MR) is 126 cm³/mol. The summed E-state index contributed by atoms with van der Waals surface area (Å²) in [6.45, 7) is 0.183. The summed E-state index contributed by atoms with van der Waals surface area (Å²) in [6.07, 6.45) is 1.50. The molecule has 0 unspecified atom stereocenters. The number of hydrogen-bond acceptors (Lipinski definition) is 6. The molecule has 0 aromatic heterocycles. The van der Waals surface area contributed by atoms with Crippen LogP contribution in [0.1, 0.15) is 11.1 Å². The Morgan fingerprint density at radius 3 is 2.47 bits per heavy atom. The van der Waals surface area contributed by atoms with Crippen LogP contribution in [0.25, 0.3) is 0 Å². The van der Waals surface area contributed by atoms with Crippen molar-refractivity contribution in [1.29, 1.82) is 0 Å². The van der Waals surface area contributed by atoms with Crippen molar-refractivity contribution in [2.24, 2.45) is 5.10 Å². The van der Waals surface area contributed by atoms with Crippen molar-refractivity contribution < 1.29 is 23.7 Å². The van der Waals surface area contributed by atoms with Gasteiger partial charge in [-0.05, 0) is 54.1 Å². The zero-order chi connectivity index (χ0) is 22.8. The van der Waals surface area contributed by atoms with Gasteiger partial charge in [0.2, 0.25) is 0 Å². The van der Waals surface area contributed by atoms with Crippen molar-refractivity contribution in [2.45, 2.75) is 6.61 Å². The second-order valence-electron chi connectivity index (χ2n) is 6.58. The fourth-order valence-corrected chi connectivity index (χ4v) is 3.10. The zero-order valence-electron chi connectivity index (χ0n) is 17.7. The van der Waals surface area contributed by atoms with Crippen molar-refractivity contribution >= 4 is 28.1 Å². The van der Waals surface area contributed by atoms with E-state index in [2.05, 4.69) is 26.5 Å². The highest BCUT2D eigenvalue weighted by atomic mass is 79.9. The van der Waals surface area contributed by atoms with E-state index in [-0.39, 0.29) is 12.5 Å². The van der Waals surface area contributed by atoms with E-state index in [0.717, 1.165) is 15.8 Å². The molecule has 0 radical (unpaired) electrons. The molecule has 3 rings (SSSR count). The second-order valence-corrected chi connectivity index (χ2v) is 7.50. The van der Waals surface area contributed by atoms with Crippen LogP contribution in [-0.4, -0.2) is 32.9 Å². The molecule has 0 saturated heterocycles. The van der Waals surface area contributed by atoms with Gasteiger partial charge in [0.1, 0.15) is 29.6 Å². The number of carbonyl (C=O) groups excluding carboxylic acids is 1. The van der Waals surface area contributed by atoms with Crippen molar-refractivity contribution in [1.82, 2.24) is 5.43 Å². The molecule has 0 fully saturated rings. The number of methoxy groups -OCH3 is 2. The van der Waals surface area contributed by atoms with Crippen LogP contribution in [0.15, 0.2) is 76.3 Å². The van der Waals surface area contributed by atoms with Gasteiger partial charge < -0.3 is 18.9 Å². The number of rotatable bonds is 10. The molecule has 3 aromatic rings. The minimum Gasteiger partial charge on any atom is -0.497 e. The molecular weight excluding hydrogens is 476 g/mol. The van der Waals surface area contributed by atoms with Crippen LogP contribution in [0.4, 0.5) is 0 Å². The summed E-state index contributed by atoms with van der Waals surface area (Å²) < 4.78 is 22.8. The largest absolute Gasteiger partial charge is 0.497 e. The SMILES string of the molecule is COc1cccc(COc2ccc(OC)cc2/C=N/NC(=O)COc2cccc(Br)c2)c1. The lowest BCUT2D eigenvalue weighted by Gasteiger charge is -2.11.